The van der Waals surface area contributed by atoms with Crippen molar-refractivity contribution < 1.29 is 9.90 Å². The maximum atomic E-state index is 12.4. The molecule has 0 bridgehead atoms. The molecule has 2 rings (SSSR count). The molecule has 104 valence electrons. The van der Waals surface area contributed by atoms with Crippen LogP contribution in [0.15, 0.2) is 47.4 Å². The molecular weight excluding hydrogens is 270 g/mol. The summed E-state index contributed by atoms with van der Waals surface area (Å²) in [7, 11) is 0. The van der Waals surface area contributed by atoms with Gasteiger partial charge in [-0.1, -0.05) is 24.3 Å². The number of carbonyl (C=O) groups excluding carboxylic acids is 1. The Labute approximate surface area is 123 Å². The van der Waals surface area contributed by atoms with Crippen LogP contribution >= 0.6 is 11.8 Å². The van der Waals surface area contributed by atoms with E-state index in [1.807, 2.05) is 49.6 Å². The van der Waals surface area contributed by atoms with Crippen LogP contribution in [0.4, 0.5) is 5.69 Å². The van der Waals surface area contributed by atoms with Gasteiger partial charge in [0.2, 0.25) is 0 Å². The lowest BCUT2D eigenvalue weighted by molar-refractivity contribution is 0.102. The van der Waals surface area contributed by atoms with E-state index in [0.717, 1.165) is 21.7 Å². The van der Waals surface area contributed by atoms with Crippen LogP contribution in [0.2, 0.25) is 0 Å². The molecule has 3 nitrogen and oxygen atoms in total. The van der Waals surface area contributed by atoms with Crippen molar-refractivity contribution in [3.05, 3.63) is 59.2 Å². The first kappa shape index (κ1) is 14.6. The number of aliphatic hydroxyl groups is 1. The Morgan fingerprint density at radius 2 is 2.00 bits per heavy atom. The first-order valence-corrected chi connectivity index (χ1v) is 7.53. The summed E-state index contributed by atoms with van der Waals surface area (Å²) in [6.07, 6.45) is 1.95. The van der Waals surface area contributed by atoms with Gasteiger partial charge in [0.15, 0.2) is 0 Å². The molecule has 0 aromatic heterocycles. The van der Waals surface area contributed by atoms with Gasteiger partial charge in [-0.25, -0.2) is 0 Å². The fourth-order valence-corrected chi connectivity index (χ4v) is 2.52. The molecular formula is C16H17NO2S. The highest BCUT2D eigenvalue weighted by Gasteiger charge is 2.11. The Balaban J connectivity index is 2.27. The molecule has 0 radical (unpaired) electrons. The van der Waals surface area contributed by atoms with E-state index in [-0.39, 0.29) is 12.5 Å². The average molecular weight is 287 g/mol. The molecule has 0 saturated carbocycles. The summed E-state index contributed by atoms with van der Waals surface area (Å²) in [5.41, 5.74) is 3.15. The number of hydrogen-bond acceptors (Lipinski definition) is 3. The minimum absolute atomic E-state index is 0.0372. The Morgan fingerprint density at radius 1 is 1.25 bits per heavy atom. The van der Waals surface area contributed by atoms with Gasteiger partial charge in [-0.15, -0.1) is 11.8 Å². The largest absolute Gasteiger partial charge is 0.392 e. The van der Waals surface area contributed by atoms with E-state index in [9.17, 15) is 9.90 Å². The lowest BCUT2D eigenvalue weighted by Crippen LogP contribution is -2.14. The summed E-state index contributed by atoms with van der Waals surface area (Å²) in [5, 5.41) is 12.1. The number of anilines is 1. The van der Waals surface area contributed by atoms with E-state index in [1.54, 1.807) is 17.8 Å². The molecule has 20 heavy (non-hydrogen) atoms. The van der Waals surface area contributed by atoms with E-state index >= 15 is 0 Å². The Bertz CT molecular complexity index is 626. The number of thioether (sulfide) groups is 1. The molecule has 0 aliphatic carbocycles. The Morgan fingerprint density at radius 3 is 2.70 bits per heavy atom. The molecule has 0 unspecified atom stereocenters. The van der Waals surface area contributed by atoms with Crippen LogP contribution in [0, 0.1) is 6.92 Å². The second-order valence-corrected chi connectivity index (χ2v) is 5.31. The normalized spacial score (nSPS) is 10.3. The summed E-state index contributed by atoms with van der Waals surface area (Å²) in [6, 6.07) is 13.0. The predicted molar refractivity (Wildman–Crippen MR) is 83.3 cm³/mol. The monoisotopic (exact) mass is 287 g/mol. The number of nitrogens with one attached hydrogen (secondary N) is 1. The summed E-state index contributed by atoms with van der Waals surface area (Å²) in [4.78, 5) is 13.3. The second kappa shape index (κ2) is 6.59. The van der Waals surface area contributed by atoms with E-state index < -0.39 is 0 Å². The van der Waals surface area contributed by atoms with Crippen molar-refractivity contribution in [2.75, 3.05) is 11.6 Å². The third kappa shape index (κ3) is 3.21. The van der Waals surface area contributed by atoms with Crippen molar-refractivity contribution in [3.63, 3.8) is 0 Å². The van der Waals surface area contributed by atoms with E-state index in [4.69, 9.17) is 0 Å². The van der Waals surface area contributed by atoms with Crippen LogP contribution in [0.5, 0.6) is 0 Å². The maximum Gasteiger partial charge on any atom is 0.256 e. The van der Waals surface area contributed by atoms with Gasteiger partial charge in [-0.2, -0.15) is 0 Å². The third-order valence-electron chi connectivity index (χ3n) is 3.08. The number of amides is 1. The van der Waals surface area contributed by atoms with E-state index in [1.165, 1.54) is 0 Å². The molecule has 0 fully saturated rings. The van der Waals surface area contributed by atoms with Crippen molar-refractivity contribution in [1.82, 2.24) is 0 Å². The number of benzene rings is 2. The lowest BCUT2D eigenvalue weighted by Gasteiger charge is -2.11. The van der Waals surface area contributed by atoms with Gasteiger partial charge in [0.25, 0.3) is 5.91 Å². The topological polar surface area (TPSA) is 49.3 Å². The molecule has 0 atom stereocenters. The van der Waals surface area contributed by atoms with Gasteiger partial charge in [0.05, 0.1) is 12.2 Å². The lowest BCUT2D eigenvalue weighted by atomic mass is 10.1. The molecule has 4 heteroatoms. The number of hydrogen-bond donors (Lipinski definition) is 2. The SMILES string of the molecule is CSc1ccccc1C(=O)Nc1cc(CO)ccc1C. The van der Waals surface area contributed by atoms with Gasteiger partial charge >= 0.3 is 0 Å². The van der Waals surface area contributed by atoms with Crippen molar-refractivity contribution in [3.8, 4) is 0 Å². The highest BCUT2D eigenvalue weighted by Crippen LogP contribution is 2.23. The van der Waals surface area contributed by atoms with Crippen LogP contribution < -0.4 is 5.32 Å². The van der Waals surface area contributed by atoms with E-state index in [2.05, 4.69) is 5.32 Å². The molecule has 0 aliphatic rings. The number of rotatable bonds is 4. The number of carbonyl (C=O) groups is 1. The van der Waals surface area contributed by atoms with Gasteiger partial charge in [-0.05, 0) is 42.5 Å². The predicted octanol–water partition coefficient (Wildman–Crippen LogP) is 3.46. The first-order valence-electron chi connectivity index (χ1n) is 6.30. The molecule has 2 aromatic rings. The van der Waals surface area contributed by atoms with Crippen molar-refractivity contribution in [2.45, 2.75) is 18.4 Å². The average Bonchev–Trinajstić information content (AvgIpc) is 2.49. The molecule has 2 N–H and O–H groups in total. The minimum atomic E-state index is -0.131. The summed E-state index contributed by atoms with van der Waals surface area (Å²) in [6.45, 7) is 1.89. The zero-order valence-corrected chi connectivity index (χ0v) is 12.3. The number of aryl methyl sites for hydroxylation is 1. The van der Waals surface area contributed by atoms with Gasteiger partial charge in [0.1, 0.15) is 0 Å². The van der Waals surface area contributed by atoms with Crippen LogP contribution in [-0.2, 0) is 6.61 Å². The second-order valence-electron chi connectivity index (χ2n) is 4.46. The Kier molecular flexibility index (Phi) is 4.82. The smallest absolute Gasteiger partial charge is 0.256 e. The van der Waals surface area contributed by atoms with Crippen molar-refractivity contribution in [1.29, 1.82) is 0 Å². The zero-order chi connectivity index (χ0) is 14.5. The van der Waals surface area contributed by atoms with Gasteiger partial charge in [0, 0.05) is 10.6 Å². The highest BCUT2D eigenvalue weighted by atomic mass is 32.2. The number of aliphatic hydroxyl groups excluding tert-OH is 1. The molecule has 2 aromatic carbocycles. The van der Waals surface area contributed by atoms with Crippen molar-refractivity contribution >= 4 is 23.4 Å². The zero-order valence-electron chi connectivity index (χ0n) is 11.5. The molecule has 0 spiro atoms. The fraction of sp³-hybridized carbons (Fsp3) is 0.188. The van der Waals surface area contributed by atoms with Crippen LogP contribution in [0.25, 0.3) is 0 Å². The van der Waals surface area contributed by atoms with Crippen LogP contribution in [0.3, 0.4) is 0 Å². The minimum Gasteiger partial charge on any atom is -0.392 e. The van der Waals surface area contributed by atoms with E-state index in [0.29, 0.717) is 5.56 Å². The molecule has 1 amide bonds. The first-order chi connectivity index (χ1) is 9.65. The Hall–Kier alpha value is -1.78. The van der Waals surface area contributed by atoms with Gasteiger partial charge < -0.3 is 10.4 Å². The molecule has 0 heterocycles. The maximum absolute atomic E-state index is 12.4. The summed E-state index contributed by atoms with van der Waals surface area (Å²) < 4.78 is 0. The highest BCUT2D eigenvalue weighted by molar-refractivity contribution is 7.98. The molecule has 0 saturated heterocycles. The van der Waals surface area contributed by atoms with Crippen LogP contribution in [-0.4, -0.2) is 17.3 Å². The van der Waals surface area contributed by atoms with Crippen molar-refractivity contribution in [2.24, 2.45) is 0 Å². The summed E-state index contributed by atoms with van der Waals surface area (Å²) >= 11 is 1.55. The third-order valence-corrected chi connectivity index (χ3v) is 3.88. The standard InChI is InChI=1S/C16H17NO2S/c1-11-7-8-12(10-18)9-14(11)17-16(19)13-5-3-4-6-15(13)20-2/h3-9,18H,10H2,1-2H3,(H,17,19). The summed E-state index contributed by atoms with van der Waals surface area (Å²) in [5.74, 6) is -0.131. The quantitative estimate of drug-likeness (QED) is 0.847. The fourth-order valence-electron chi connectivity index (χ4n) is 1.92. The van der Waals surface area contributed by atoms with Crippen LogP contribution in [0.1, 0.15) is 21.5 Å². The van der Waals surface area contributed by atoms with Gasteiger partial charge in [-0.3, -0.25) is 4.79 Å². The molecule has 0 aliphatic heterocycles.